The van der Waals surface area contributed by atoms with Crippen LogP contribution in [0.1, 0.15) is 20.8 Å². The van der Waals surface area contributed by atoms with Crippen molar-refractivity contribution in [3.63, 3.8) is 0 Å². The Kier molecular flexibility index (Phi) is 3.95. The number of hydrogen-bond acceptors (Lipinski definition) is 3. The SMILES string of the molecule is O=C(Nc1ccc(C(=O)O)c(F)c1)c1cc(Cl)ccn1. The number of rotatable bonds is 3. The Hall–Kier alpha value is -2.47. The third kappa shape index (κ3) is 3.10. The van der Waals surface area contributed by atoms with Gasteiger partial charge in [0.15, 0.2) is 0 Å². The minimum absolute atomic E-state index is 0.0696. The fourth-order valence-electron chi connectivity index (χ4n) is 1.49. The number of carbonyl (C=O) groups excluding carboxylic acids is 1. The number of halogens is 2. The van der Waals surface area contributed by atoms with Crippen LogP contribution in [-0.4, -0.2) is 22.0 Å². The highest BCUT2D eigenvalue weighted by molar-refractivity contribution is 6.30. The molecule has 2 rings (SSSR count). The molecule has 7 heteroatoms. The Labute approximate surface area is 118 Å². The molecule has 0 radical (unpaired) electrons. The van der Waals surface area contributed by atoms with Crippen LogP contribution in [0.15, 0.2) is 36.5 Å². The van der Waals surface area contributed by atoms with Crippen LogP contribution < -0.4 is 5.32 Å². The van der Waals surface area contributed by atoms with Crippen molar-refractivity contribution in [2.45, 2.75) is 0 Å². The second kappa shape index (κ2) is 5.66. The summed E-state index contributed by atoms with van der Waals surface area (Å²) in [7, 11) is 0. The van der Waals surface area contributed by atoms with Gasteiger partial charge in [-0.05, 0) is 30.3 Å². The number of hydrogen-bond donors (Lipinski definition) is 2. The van der Waals surface area contributed by atoms with Crippen molar-refractivity contribution in [2.24, 2.45) is 0 Å². The van der Waals surface area contributed by atoms with Crippen LogP contribution in [0.3, 0.4) is 0 Å². The molecule has 0 unspecified atom stereocenters. The van der Waals surface area contributed by atoms with Gasteiger partial charge in [-0.2, -0.15) is 0 Å². The van der Waals surface area contributed by atoms with Gasteiger partial charge in [0, 0.05) is 16.9 Å². The summed E-state index contributed by atoms with van der Waals surface area (Å²) in [6.45, 7) is 0. The lowest BCUT2D eigenvalue weighted by atomic mass is 10.2. The molecule has 0 atom stereocenters. The predicted molar refractivity (Wildman–Crippen MR) is 70.6 cm³/mol. The molecule has 20 heavy (non-hydrogen) atoms. The van der Waals surface area contributed by atoms with Gasteiger partial charge in [-0.1, -0.05) is 11.6 Å². The standard InChI is InChI=1S/C13H8ClFN2O3/c14-7-3-4-16-11(5-7)12(18)17-8-1-2-9(13(19)20)10(15)6-8/h1-6H,(H,17,18)(H,19,20). The predicted octanol–water partition coefficient (Wildman–Crippen LogP) is 2.82. The van der Waals surface area contributed by atoms with Crippen LogP contribution in [0.25, 0.3) is 0 Å². The Morgan fingerprint density at radius 2 is 2.00 bits per heavy atom. The Morgan fingerprint density at radius 1 is 1.25 bits per heavy atom. The van der Waals surface area contributed by atoms with Gasteiger partial charge in [-0.3, -0.25) is 9.78 Å². The van der Waals surface area contributed by atoms with Gasteiger partial charge in [0.05, 0.1) is 5.56 Å². The first-order valence-corrected chi connectivity index (χ1v) is 5.81. The Balaban J connectivity index is 2.20. The molecule has 1 aromatic heterocycles. The van der Waals surface area contributed by atoms with E-state index in [2.05, 4.69) is 10.3 Å². The zero-order valence-corrected chi connectivity index (χ0v) is 10.7. The van der Waals surface area contributed by atoms with E-state index in [1.165, 1.54) is 24.4 Å². The molecule has 0 aliphatic rings. The minimum Gasteiger partial charge on any atom is -0.478 e. The van der Waals surface area contributed by atoms with Crippen molar-refractivity contribution >= 4 is 29.2 Å². The molecule has 1 amide bonds. The number of carboxylic acids is 1. The van der Waals surface area contributed by atoms with E-state index in [4.69, 9.17) is 16.7 Å². The summed E-state index contributed by atoms with van der Waals surface area (Å²) in [6.07, 6.45) is 1.37. The third-order valence-electron chi connectivity index (χ3n) is 2.41. The number of aromatic carboxylic acids is 1. The fraction of sp³-hybridized carbons (Fsp3) is 0. The third-order valence-corrected chi connectivity index (χ3v) is 2.65. The van der Waals surface area contributed by atoms with Gasteiger partial charge >= 0.3 is 5.97 Å². The summed E-state index contributed by atoms with van der Waals surface area (Å²) in [6, 6.07) is 6.15. The molecule has 0 aliphatic heterocycles. The van der Waals surface area contributed by atoms with Crippen LogP contribution in [0, 0.1) is 5.82 Å². The lowest BCUT2D eigenvalue weighted by Crippen LogP contribution is -2.14. The molecule has 102 valence electrons. The number of anilines is 1. The van der Waals surface area contributed by atoms with Crippen molar-refractivity contribution in [3.05, 3.63) is 58.6 Å². The van der Waals surface area contributed by atoms with Crippen LogP contribution in [0.4, 0.5) is 10.1 Å². The molecule has 0 saturated heterocycles. The highest BCUT2D eigenvalue weighted by Gasteiger charge is 2.13. The van der Waals surface area contributed by atoms with E-state index in [9.17, 15) is 14.0 Å². The van der Waals surface area contributed by atoms with E-state index in [0.29, 0.717) is 5.02 Å². The Morgan fingerprint density at radius 3 is 2.60 bits per heavy atom. The molecule has 0 spiro atoms. The van der Waals surface area contributed by atoms with Crippen molar-refractivity contribution < 1.29 is 19.1 Å². The van der Waals surface area contributed by atoms with Gasteiger partial charge in [0.25, 0.3) is 5.91 Å². The topological polar surface area (TPSA) is 79.3 Å². The molecule has 0 fully saturated rings. The number of carbonyl (C=O) groups is 2. The molecule has 2 N–H and O–H groups in total. The van der Waals surface area contributed by atoms with Crippen molar-refractivity contribution in [1.29, 1.82) is 0 Å². The number of benzene rings is 1. The van der Waals surface area contributed by atoms with Crippen LogP contribution >= 0.6 is 11.6 Å². The van der Waals surface area contributed by atoms with Crippen LogP contribution in [0.2, 0.25) is 5.02 Å². The largest absolute Gasteiger partial charge is 0.478 e. The molecule has 0 aliphatic carbocycles. The number of nitrogens with one attached hydrogen (secondary N) is 1. The van der Waals surface area contributed by atoms with E-state index in [1.807, 2.05) is 0 Å². The number of nitrogens with zero attached hydrogens (tertiary/aromatic N) is 1. The summed E-state index contributed by atoms with van der Waals surface area (Å²) >= 11 is 5.73. The number of carboxylic acid groups (broad SMARTS) is 1. The quantitative estimate of drug-likeness (QED) is 0.912. The van der Waals surface area contributed by atoms with Gasteiger partial charge < -0.3 is 10.4 Å². The highest BCUT2D eigenvalue weighted by atomic mass is 35.5. The zero-order chi connectivity index (χ0) is 14.7. The molecule has 5 nitrogen and oxygen atoms in total. The summed E-state index contributed by atoms with van der Waals surface area (Å²) in [4.78, 5) is 26.3. The maximum absolute atomic E-state index is 13.4. The molecule has 2 aromatic rings. The second-order valence-corrected chi connectivity index (χ2v) is 4.25. The summed E-state index contributed by atoms with van der Waals surface area (Å²) in [5.41, 5.74) is -0.275. The second-order valence-electron chi connectivity index (χ2n) is 3.81. The Bertz CT molecular complexity index is 691. The van der Waals surface area contributed by atoms with Gasteiger partial charge in [-0.25, -0.2) is 9.18 Å². The molecule has 1 aromatic carbocycles. The van der Waals surface area contributed by atoms with E-state index >= 15 is 0 Å². The van der Waals surface area contributed by atoms with Crippen molar-refractivity contribution in [3.8, 4) is 0 Å². The van der Waals surface area contributed by atoms with Crippen LogP contribution in [-0.2, 0) is 0 Å². The van der Waals surface area contributed by atoms with E-state index < -0.39 is 23.3 Å². The monoisotopic (exact) mass is 294 g/mol. The first-order valence-electron chi connectivity index (χ1n) is 5.43. The maximum Gasteiger partial charge on any atom is 0.338 e. The lowest BCUT2D eigenvalue weighted by Gasteiger charge is -2.06. The van der Waals surface area contributed by atoms with Crippen molar-refractivity contribution in [2.75, 3.05) is 5.32 Å². The van der Waals surface area contributed by atoms with E-state index in [0.717, 1.165) is 12.1 Å². The summed E-state index contributed by atoms with van der Waals surface area (Å²) < 4.78 is 13.4. The normalized spacial score (nSPS) is 10.1. The van der Waals surface area contributed by atoms with Gasteiger partial charge in [-0.15, -0.1) is 0 Å². The summed E-state index contributed by atoms with van der Waals surface area (Å²) in [5.74, 6) is -2.89. The average molecular weight is 295 g/mol. The average Bonchev–Trinajstić information content (AvgIpc) is 2.38. The number of pyridine rings is 1. The first kappa shape index (κ1) is 14.0. The molecular formula is C13H8ClFN2O3. The molecular weight excluding hydrogens is 287 g/mol. The first-order chi connectivity index (χ1) is 9.47. The molecule has 1 heterocycles. The lowest BCUT2D eigenvalue weighted by molar-refractivity contribution is 0.0692. The molecule has 0 saturated carbocycles. The molecule has 0 bridgehead atoms. The van der Waals surface area contributed by atoms with Gasteiger partial charge in [0.2, 0.25) is 0 Å². The fourth-order valence-corrected chi connectivity index (χ4v) is 1.65. The summed E-state index contributed by atoms with van der Waals surface area (Å²) in [5, 5.41) is 11.4. The van der Waals surface area contributed by atoms with E-state index in [1.54, 1.807) is 0 Å². The minimum atomic E-state index is -1.38. The highest BCUT2D eigenvalue weighted by Crippen LogP contribution is 2.16. The van der Waals surface area contributed by atoms with E-state index in [-0.39, 0.29) is 11.4 Å². The zero-order valence-electron chi connectivity index (χ0n) is 9.93. The number of amides is 1. The van der Waals surface area contributed by atoms with Crippen LogP contribution in [0.5, 0.6) is 0 Å². The maximum atomic E-state index is 13.4. The van der Waals surface area contributed by atoms with Gasteiger partial charge in [0.1, 0.15) is 11.5 Å². The number of aromatic nitrogens is 1. The smallest absolute Gasteiger partial charge is 0.338 e. The van der Waals surface area contributed by atoms with Crippen molar-refractivity contribution in [1.82, 2.24) is 4.98 Å².